The van der Waals surface area contributed by atoms with E-state index in [1.165, 1.54) is 5.56 Å². The standard InChI is InChI=1S/C20H27ClN4O.2ClH/c1-13(10-18-14(2)23-24(4)15(18)3)20(26)25-9-8-22-12-19(25)16-6-5-7-17(21)11-16;;/h5-7,11,13,19,22H,8-10,12H2,1-4H3;2*1H. The molecule has 156 valence electrons. The largest absolute Gasteiger partial charge is 0.333 e. The van der Waals surface area contributed by atoms with Gasteiger partial charge >= 0.3 is 0 Å². The number of aromatic nitrogens is 2. The Morgan fingerprint density at radius 2 is 2.07 bits per heavy atom. The van der Waals surface area contributed by atoms with Crippen molar-refractivity contribution in [3.63, 3.8) is 0 Å². The highest BCUT2D eigenvalue weighted by molar-refractivity contribution is 6.30. The number of piperazine rings is 1. The summed E-state index contributed by atoms with van der Waals surface area (Å²) in [7, 11) is 1.95. The van der Waals surface area contributed by atoms with Crippen LogP contribution in [-0.4, -0.2) is 40.2 Å². The monoisotopic (exact) mass is 446 g/mol. The lowest BCUT2D eigenvalue weighted by Crippen LogP contribution is -2.50. The Balaban J connectivity index is 0.00000196. The summed E-state index contributed by atoms with van der Waals surface area (Å²) in [6.45, 7) is 8.38. The van der Waals surface area contributed by atoms with E-state index in [1.54, 1.807) is 0 Å². The summed E-state index contributed by atoms with van der Waals surface area (Å²) >= 11 is 6.17. The van der Waals surface area contributed by atoms with Gasteiger partial charge in [0.05, 0.1) is 11.7 Å². The summed E-state index contributed by atoms with van der Waals surface area (Å²) in [6, 6.07) is 7.84. The minimum absolute atomic E-state index is 0. The van der Waals surface area contributed by atoms with Crippen LogP contribution in [0.3, 0.4) is 0 Å². The van der Waals surface area contributed by atoms with Crippen molar-refractivity contribution in [3.05, 3.63) is 51.8 Å². The maximum atomic E-state index is 13.2. The van der Waals surface area contributed by atoms with Crippen molar-refractivity contribution in [1.29, 1.82) is 0 Å². The van der Waals surface area contributed by atoms with Crippen LogP contribution in [0, 0.1) is 19.8 Å². The van der Waals surface area contributed by atoms with Crippen LogP contribution in [0.2, 0.25) is 5.02 Å². The van der Waals surface area contributed by atoms with E-state index < -0.39 is 0 Å². The van der Waals surface area contributed by atoms with Gasteiger partial charge in [0, 0.05) is 43.3 Å². The first-order chi connectivity index (χ1) is 12.4. The first kappa shape index (κ1) is 24.8. The number of benzene rings is 1. The van der Waals surface area contributed by atoms with Crippen molar-refractivity contribution in [2.75, 3.05) is 19.6 Å². The SMILES string of the molecule is Cc1nn(C)c(C)c1CC(C)C(=O)N1CCNCC1c1cccc(Cl)c1.Cl.Cl. The van der Waals surface area contributed by atoms with E-state index in [4.69, 9.17) is 11.6 Å². The van der Waals surface area contributed by atoms with E-state index in [9.17, 15) is 4.79 Å². The summed E-state index contributed by atoms with van der Waals surface area (Å²) in [5, 5.41) is 8.58. The molecule has 1 aliphatic rings. The molecule has 3 rings (SSSR count). The molecule has 2 heterocycles. The number of nitrogens with one attached hydrogen (secondary N) is 1. The predicted molar refractivity (Wildman–Crippen MR) is 119 cm³/mol. The van der Waals surface area contributed by atoms with Crippen molar-refractivity contribution in [1.82, 2.24) is 20.0 Å². The third-order valence-electron chi connectivity index (χ3n) is 5.35. The molecule has 8 heteroatoms. The molecular formula is C20H29Cl3N4O. The zero-order valence-electron chi connectivity index (χ0n) is 16.7. The Bertz CT molecular complexity index is 809. The van der Waals surface area contributed by atoms with Crippen LogP contribution in [0.25, 0.3) is 0 Å². The highest BCUT2D eigenvalue weighted by atomic mass is 35.5. The van der Waals surface area contributed by atoms with Gasteiger partial charge in [-0.15, -0.1) is 24.8 Å². The normalized spacial score (nSPS) is 17.5. The van der Waals surface area contributed by atoms with Crippen LogP contribution in [0.15, 0.2) is 24.3 Å². The summed E-state index contributed by atoms with van der Waals surface area (Å²) < 4.78 is 1.89. The second-order valence-electron chi connectivity index (χ2n) is 7.18. The highest BCUT2D eigenvalue weighted by Gasteiger charge is 2.31. The number of rotatable bonds is 4. The van der Waals surface area contributed by atoms with Crippen molar-refractivity contribution < 1.29 is 4.79 Å². The summed E-state index contributed by atoms with van der Waals surface area (Å²) in [6.07, 6.45) is 0.719. The van der Waals surface area contributed by atoms with Crippen LogP contribution in [0.1, 0.15) is 35.5 Å². The van der Waals surface area contributed by atoms with E-state index in [2.05, 4.69) is 17.3 Å². The zero-order valence-corrected chi connectivity index (χ0v) is 19.1. The van der Waals surface area contributed by atoms with Crippen LogP contribution in [0.4, 0.5) is 0 Å². The Morgan fingerprint density at radius 3 is 2.68 bits per heavy atom. The minimum atomic E-state index is -0.0867. The molecule has 1 aromatic carbocycles. The van der Waals surface area contributed by atoms with E-state index in [1.807, 2.05) is 54.7 Å². The molecule has 1 aliphatic heterocycles. The molecule has 2 unspecified atom stereocenters. The van der Waals surface area contributed by atoms with Crippen molar-refractivity contribution in [2.24, 2.45) is 13.0 Å². The molecule has 0 radical (unpaired) electrons. The van der Waals surface area contributed by atoms with Gasteiger partial charge in [0.15, 0.2) is 0 Å². The summed E-state index contributed by atoms with van der Waals surface area (Å²) in [5.74, 6) is 0.107. The van der Waals surface area contributed by atoms with Crippen molar-refractivity contribution in [3.8, 4) is 0 Å². The van der Waals surface area contributed by atoms with E-state index >= 15 is 0 Å². The number of nitrogens with zero attached hydrogens (tertiary/aromatic N) is 3. The first-order valence-electron chi connectivity index (χ1n) is 9.14. The third kappa shape index (κ3) is 5.20. The quantitative estimate of drug-likeness (QED) is 0.773. The zero-order chi connectivity index (χ0) is 18.8. The number of aryl methyl sites for hydroxylation is 2. The summed E-state index contributed by atoms with van der Waals surface area (Å²) in [4.78, 5) is 15.2. The lowest BCUT2D eigenvalue weighted by atomic mass is 9.95. The molecule has 28 heavy (non-hydrogen) atoms. The number of hydrogen-bond donors (Lipinski definition) is 1. The molecule has 2 aromatic rings. The van der Waals surface area contributed by atoms with Crippen LogP contribution in [0.5, 0.6) is 0 Å². The lowest BCUT2D eigenvalue weighted by Gasteiger charge is -2.38. The van der Waals surface area contributed by atoms with Gasteiger partial charge in [-0.05, 0) is 43.5 Å². The van der Waals surface area contributed by atoms with Crippen LogP contribution < -0.4 is 5.32 Å². The number of hydrogen-bond acceptors (Lipinski definition) is 3. The minimum Gasteiger partial charge on any atom is -0.333 e. The molecule has 0 bridgehead atoms. The maximum absolute atomic E-state index is 13.2. The van der Waals surface area contributed by atoms with Gasteiger partial charge in [-0.2, -0.15) is 5.10 Å². The average molecular weight is 448 g/mol. The molecule has 1 N–H and O–H groups in total. The smallest absolute Gasteiger partial charge is 0.226 e. The van der Waals surface area contributed by atoms with Crippen molar-refractivity contribution in [2.45, 2.75) is 33.2 Å². The van der Waals surface area contributed by atoms with E-state index in [0.29, 0.717) is 11.6 Å². The second-order valence-corrected chi connectivity index (χ2v) is 7.62. The fraction of sp³-hybridized carbons (Fsp3) is 0.500. The number of carbonyl (C=O) groups excluding carboxylic acids is 1. The van der Waals surface area contributed by atoms with Gasteiger partial charge in [0.2, 0.25) is 5.91 Å². The predicted octanol–water partition coefficient (Wildman–Crippen LogP) is 3.89. The van der Waals surface area contributed by atoms with Gasteiger partial charge in [-0.1, -0.05) is 30.7 Å². The van der Waals surface area contributed by atoms with Gasteiger partial charge < -0.3 is 10.2 Å². The number of carbonyl (C=O) groups is 1. The Morgan fingerprint density at radius 1 is 1.36 bits per heavy atom. The lowest BCUT2D eigenvalue weighted by molar-refractivity contribution is -0.138. The number of amides is 1. The van der Waals surface area contributed by atoms with Crippen molar-refractivity contribution >= 4 is 42.3 Å². The molecule has 1 amide bonds. The first-order valence-corrected chi connectivity index (χ1v) is 9.52. The molecular weight excluding hydrogens is 419 g/mol. The van der Waals surface area contributed by atoms with E-state index in [0.717, 1.165) is 36.5 Å². The van der Waals surface area contributed by atoms with Crippen LogP contribution in [-0.2, 0) is 18.3 Å². The molecule has 0 aliphatic carbocycles. The molecule has 0 saturated carbocycles. The highest BCUT2D eigenvalue weighted by Crippen LogP contribution is 2.27. The molecule has 2 atom stereocenters. The topological polar surface area (TPSA) is 50.2 Å². The van der Waals surface area contributed by atoms with Gasteiger partial charge in [-0.25, -0.2) is 0 Å². The Hall–Kier alpha value is -1.27. The van der Waals surface area contributed by atoms with Gasteiger partial charge in [0.1, 0.15) is 0 Å². The third-order valence-corrected chi connectivity index (χ3v) is 5.59. The number of halogens is 3. The second kappa shape index (κ2) is 10.5. The average Bonchev–Trinajstić information content (AvgIpc) is 2.87. The molecule has 0 spiro atoms. The van der Waals surface area contributed by atoms with Crippen LogP contribution >= 0.6 is 36.4 Å². The Labute approximate surface area is 184 Å². The maximum Gasteiger partial charge on any atom is 0.226 e. The molecule has 1 fully saturated rings. The fourth-order valence-corrected chi connectivity index (χ4v) is 3.97. The molecule has 1 aromatic heterocycles. The molecule has 1 saturated heterocycles. The van der Waals surface area contributed by atoms with E-state index in [-0.39, 0.29) is 42.7 Å². The van der Waals surface area contributed by atoms with Gasteiger partial charge in [-0.3, -0.25) is 9.48 Å². The van der Waals surface area contributed by atoms with Gasteiger partial charge in [0.25, 0.3) is 0 Å². The fourth-order valence-electron chi connectivity index (χ4n) is 3.77. The summed E-state index contributed by atoms with van der Waals surface area (Å²) in [5.41, 5.74) is 4.41. The Kier molecular flexibility index (Phi) is 9.28. The molecule has 5 nitrogen and oxygen atoms in total.